The van der Waals surface area contributed by atoms with Gasteiger partial charge in [0.25, 0.3) is 0 Å². The third-order valence-corrected chi connectivity index (χ3v) is 3.99. The predicted octanol–water partition coefficient (Wildman–Crippen LogP) is 1.89. The third kappa shape index (κ3) is 4.91. The maximum Gasteiger partial charge on any atom is 0.160 e. The Bertz CT molecular complexity index is 773. The van der Waals surface area contributed by atoms with Crippen LogP contribution in [0.5, 0.6) is 23.0 Å². The summed E-state index contributed by atoms with van der Waals surface area (Å²) in [5, 5.41) is 39.1. The number of aliphatic hydroxyl groups excluding tert-OH is 3. The van der Waals surface area contributed by atoms with Crippen LogP contribution in [0.15, 0.2) is 42.5 Å². The van der Waals surface area contributed by atoms with E-state index >= 15 is 0 Å². The van der Waals surface area contributed by atoms with Gasteiger partial charge in [0.2, 0.25) is 0 Å². The van der Waals surface area contributed by atoms with Gasteiger partial charge in [0.05, 0.1) is 33.0 Å². The lowest BCUT2D eigenvalue weighted by atomic mass is 10.0. The lowest BCUT2D eigenvalue weighted by Crippen LogP contribution is -2.29. The molecule has 0 saturated carbocycles. The van der Waals surface area contributed by atoms with Crippen LogP contribution in [0.25, 0.3) is 6.08 Å². The number of methoxy groups -OCH3 is 2. The van der Waals surface area contributed by atoms with Gasteiger partial charge < -0.3 is 34.6 Å². The van der Waals surface area contributed by atoms with Gasteiger partial charge in [-0.1, -0.05) is 18.2 Å². The highest BCUT2D eigenvalue weighted by Crippen LogP contribution is 2.34. The first-order valence-electron chi connectivity index (χ1n) is 8.32. The lowest BCUT2D eigenvalue weighted by molar-refractivity contribution is 0.000462. The summed E-state index contributed by atoms with van der Waals surface area (Å²) >= 11 is 0. The Balaban J connectivity index is 2.32. The fraction of sp³-hybridized carbons (Fsp3) is 0.300. The first-order valence-corrected chi connectivity index (χ1v) is 8.32. The van der Waals surface area contributed by atoms with Crippen LogP contribution >= 0.6 is 0 Å². The molecule has 146 valence electrons. The summed E-state index contributed by atoms with van der Waals surface area (Å²) in [5.41, 5.74) is 0.988. The molecule has 0 aromatic heterocycles. The van der Waals surface area contributed by atoms with Crippen LogP contribution in [0.1, 0.15) is 17.2 Å². The molecule has 0 saturated heterocycles. The zero-order chi connectivity index (χ0) is 19.8. The van der Waals surface area contributed by atoms with Gasteiger partial charge in [-0.25, -0.2) is 0 Å². The molecule has 2 unspecified atom stereocenters. The van der Waals surface area contributed by atoms with Crippen molar-refractivity contribution in [3.05, 3.63) is 53.6 Å². The van der Waals surface area contributed by atoms with E-state index in [2.05, 4.69) is 0 Å². The van der Waals surface area contributed by atoms with E-state index in [-0.39, 0.29) is 18.1 Å². The van der Waals surface area contributed by atoms with Gasteiger partial charge >= 0.3 is 0 Å². The molecule has 2 atom stereocenters. The number of aliphatic hydroxyl groups is 3. The molecule has 27 heavy (non-hydrogen) atoms. The molecule has 4 N–H and O–H groups in total. The van der Waals surface area contributed by atoms with Gasteiger partial charge in [-0.05, 0) is 35.9 Å². The zero-order valence-electron chi connectivity index (χ0n) is 15.2. The van der Waals surface area contributed by atoms with E-state index in [4.69, 9.17) is 19.3 Å². The Morgan fingerprint density at radius 3 is 2.33 bits per heavy atom. The number of benzene rings is 2. The van der Waals surface area contributed by atoms with Crippen molar-refractivity contribution in [2.45, 2.75) is 12.2 Å². The van der Waals surface area contributed by atoms with E-state index < -0.39 is 18.8 Å². The first-order chi connectivity index (χ1) is 13.0. The fourth-order valence-corrected chi connectivity index (χ4v) is 2.60. The molecule has 0 heterocycles. The largest absolute Gasteiger partial charge is 0.504 e. The molecule has 0 aliphatic rings. The van der Waals surface area contributed by atoms with Gasteiger partial charge in [-0.3, -0.25) is 0 Å². The fourth-order valence-electron chi connectivity index (χ4n) is 2.60. The van der Waals surface area contributed by atoms with Crippen molar-refractivity contribution in [3.8, 4) is 23.0 Å². The molecular weight excluding hydrogens is 352 g/mol. The Kier molecular flexibility index (Phi) is 7.48. The van der Waals surface area contributed by atoms with Gasteiger partial charge in [-0.15, -0.1) is 0 Å². The Labute approximate surface area is 157 Å². The summed E-state index contributed by atoms with van der Waals surface area (Å²) in [6, 6.07) is 9.52. The van der Waals surface area contributed by atoms with E-state index in [1.807, 2.05) is 0 Å². The third-order valence-electron chi connectivity index (χ3n) is 3.99. The summed E-state index contributed by atoms with van der Waals surface area (Å²) in [5.74, 6) is 1.05. The SMILES string of the molecule is COc1cc(C(O)C(CO)Oc2cccc(OC)c2/C=C/CO)ccc1O. The Morgan fingerprint density at radius 1 is 1.00 bits per heavy atom. The topological polar surface area (TPSA) is 109 Å². The van der Waals surface area contributed by atoms with Crippen LogP contribution in [0, 0.1) is 0 Å². The van der Waals surface area contributed by atoms with E-state index in [0.717, 1.165) is 0 Å². The summed E-state index contributed by atoms with van der Waals surface area (Å²) in [6.07, 6.45) is 1.01. The second-order valence-corrected chi connectivity index (χ2v) is 5.67. The molecular formula is C20H24O7. The van der Waals surface area contributed by atoms with Crippen molar-refractivity contribution >= 4 is 6.08 Å². The molecule has 7 nitrogen and oxygen atoms in total. The van der Waals surface area contributed by atoms with Gasteiger partial charge in [-0.2, -0.15) is 0 Å². The van der Waals surface area contributed by atoms with Crippen molar-refractivity contribution in [2.24, 2.45) is 0 Å². The van der Waals surface area contributed by atoms with Crippen LogP contribution in [-0.4, -0.2) is 54.0 Å². The van der Waals surface area contributed by atoms with E-state index in [1.165, 1.54) is 38.5 Å². The molecule has 0 fully saturated rings. The van der Waals surface area contributed by atoms with Gasteiger partial charge in [0, 0.05) is 0 Å². The van der Waals surface area contributed by atoms with E-state index in [0.29, 0.717) is 22.6 Å². The minimum Gasteiger partial charge on any atom is -0.504 e. The minimum atomic E-state index is -1.18. The molecule has 0 aliphatic heterocycles. The van der Waals surface area contributed by atoms with E-state index in [1.54, 1.807) is 24.3 Å². The van der Waals surface area contributed by atoms with Gasteiger partial charge in [0.1, 0.15) is 17.6 Å². The molecule has 0 bridgehead atoms. The van der Waals surface area contributed by atoms with Crippen molar-refractivity contribution in [2.75, 3.05) is 27.4 Å². The monoisotopic (exact) mass is 376 g/mol. The smallest absolute Gasteiger partial charge is 0.160 e. The number of phenols is 1. The molecule has 0 spiro atoms. The summed E-state index contributed by atoms with van der Waals surface area (Å²) < 4.78 is 16.2. The number of hydrogen-bond donors (Lipinski definition) is 4. The summed E-state index contributed by atoms with van der Waals surface area (Å²) in [6.45, 7) is -0.610. The quantitative estimate of drug-likeness (QED) is 0.529. The molecule has 2 aromatic carbocycles. The Morgan fingerprint density at radius 2 is 1.70 bits per heavy atom. The average molecular weight is 376 g/mol. The van der Waals surface area contributed by atoms with Crippen LogP contribution in [0.4, 0.5) is 0 Å². The average Bonchev–Trinajstić information content (AvgIpc) is 2.70. The number of phenolic OH excluding ortho intramolecular Hbond substituents is 1. The lowest BCUT2D eigenvalue weighted by Gasteiger charge is -2.24. The maximum absolute atomic E-state index is 10.6. The predicted molar refractivity (Wildman–Crippen MR) is 100 cm³/mol. The van der Waals surface area contributed by atoms with Crippen molar-refractivity contribution in [1.82, 2.24) is 0 Å². The number of ether oxygens (including phenoxy) is 3. The van der Waals surface area contributed by atoms with Crippen molar-refractivity contribution in [1.29, 1.82) is 0 Å². The second-order valence-electron chi connectivity index (χ2n) is 5.67. The normalized spacial score (nSPS) is 13.4. The van der Waals surface area contributed by atoms with Crippen LogP contribution in [0.3, 0.4) is 0 Å². The van der Waals surface area contributed by atoms with E-state index in [9.17, 15) is 15.3 Å². The highest BCUT2D eigenvalue weighted by Gasteiger charge is 2.24. The zero-order valence-corrected chi connectivity index (χ0v) is 15.2. The number of aromatic hydroxyl groups is 1. The molecule has 0 radical (unpaired) electrons. The molecule has 2 aromatic rings. The number of hydrogen-bond acceptors (Lipinski definition) is 7. The summed E-state index contributed by atoms with van der Waals surface area (Å²) in [7, 11) is 2.91. The highest BCUT2D eigenvalue weighted by atomic mass is 16.5. The minimum absolute atomic E-state index is 0.0564. The van der Waals surface area contributed by atoms with Crippen LogP contribution in [-0.2, 0) is 0 Å². The molecule has 7 heteroatoms. The van der Waals surface area contributed by atoms with Crippen LogP contribution < -0.4 is 14.2 Å². The second kappa shape index (κ2) is 9.82. The summed E-state index contributed by atoms with van der Waals surface area (Å²) in [4.78, 5) is 0. The van der Waals surface area contributed by atoms with Gasteiger partial charge in [0.15, 0.2) is 17.6 Å². The van der Waals surface area contributed by atoms with Crippen LogP contribution in [0.2, 0.25) is 0 Å². The maximum atomic E-state index is 10.6. The molecule has 2 rings (SSSR count). The molecule has 0 aliphatic carbocycles. The Hall–Kier alpha value is -2.74. The standard InChI is InChI=1S/C20H24O7/c1-25-16-6-3-7-17(14(16)5-4-10-21)27-19(12-22)20(24)13-8-9-15(23)18(11-13)26-2/h3-9,11,19-24H,10,12H2,1-2H3/b5-4+. The highest BCUT2D eigenvalue weighted by molar-refractivity contribution is 5.64. The first kappa shape index (κ1) is 20.6. The van der Waals surface area contributed by atoms with Crippen molar-refractivity contribution in [3.63, 3.8) is 0 Å². The van der Waals surface area contributed by atoms with Crippen molar-refractivity contribution < 1.29 is 34.6 Å². The molecule has 0 amide bonds. The number of rotatable bonds is 9.